The van der Waals surface area contributed by atoms with Gasteiger partial charge in [-0.2, -0.15) is 0 Å². The minimum absolute atomic E-state index is 0.211. The molecule has 1 unspecified atom stereocenters. The van der Waals surface area contributed by atoms with E-state index in [1.165, 1.54) is 19.2 Å². The van der Waals surface area contributed by atoms with Crippen LogP contribution in [0, 0.1) is 5.82 Å². The Hall–Kier alpha value is -2.60. The summed E-state index contributed by atoms with van der Waals surface area (Å²) >= 11 is 0. The Bertz CT molecular complexity index is 679. The number of methoxy groups -OCH3 is 1. The molecule has 0 aromatic heterocycles. The summed E-state index contributed by atoms with van der Waals surface area (Å²) < 4.78 is 24.1. The van der Waals surface area contributed by atoms with Gasteiger partial charge in [0.15, 0.2) is 0 Å². The molecule has 2 aromatic rings. The molecule has 0 fully saturated rings. The number of amides is 2. The lowest BCUT2D eigenvalue weighted by Gasteiger charge is -2.17. The van der Waals surface area contributed by atoms with Crippen molar-refractivity contribution in [1.82, 2.24) is 5.32 Å². The highest BCUT2D eigenvalue weighted by atomic mass is 19.1. The predicted molar refractivity (Wildman–Crippen MR) is 90.8 cm³/mol. The third-order valence-corrected chi connectivity index (χ3v) is 3.39. The summed E-state index contributed by atoms with van der Waals surface area (Å²) in [4.78, 5) is 12.1. The van der Waals surface area contributed by atoms with Gasteiger partial charge in [-0.1, -0.05) is 24.3 Å². The number of nitrogens with one attached hydrogen (secondary N) is 2. The summed E-state index contributed by atoms with van der Waals surface area (Å²) in [5, 5.41) is 5.45. The average Bonchev–Trinajstić information content (AvgIpc) is 2.57. The average molecular weight is 332 g/mol. The molecule has 0 radical (unpaired) electrons. The summed E-state index contributed by atoms with van der Waals surface area (Å²) in [6.45, 7) is 2.59. The van der Waals surface area contributed by atoms with E-state index in [-0.39, 0.29) is 18.4 Å². The lowest BCUT2D eigenvalue weighted by atomic mass is 10.1. The van der Waals surface area contributed by atoms with Gasteiger partial charge in [-0.3, -0.25) is 0 Å². The lowest BCUT2D eigenvalue weighted by Crippen LogP contribution is -2.33. The molecule has 6 heteroatoms. The maximum absolute atomic E-state index is 13.3. The summed E-state index contributed by atoms with van der Waals surface area (Å²) in [6, 6.07) is 12.9. The number of hydrogen-bond acceptors (Lipinski definition) is 3. The standard InChI is InChI=1S/C18H21FN2O3/c1-3-24-16-10-5-4-9-15(16)21-18(22)20-12-17(23-2)13-7-6-8-14(19)11-13/h4-11,17H,3,12H2,1-2H3,(H2,20,21,22). The molecule has 24 heavy (non-hydrogen) atoms. The molecule has 0 saturated heterocycles. The maximum atomic E-state index is 13.3. The van der Waals surface area contributed by atoms with Crippen LogP contribution in [0.25, 0.3) is 0 Å². The Kier molecular flexibility index (Phi) is 6.57. The van der Waals surface area contributed by atoms with Gasteiger partial charge in [0.05, 0.1) is 18.4 Å². The molecule has 2 aromatic carbocycles. The van der Waals surface area contributed by atoms with Crippen LogP contribution in [0.15, 0.2) is 48.5 Å². The summed E-state index contributed by atoms with van der Waals surface area (Å²) in [6.07, 6.45) is -0.436. The van der Waals surface area contributed by atoms with Crippen LogP contribution in [-0.2, 0) is 4.74 Å². The largest absolute Gasteiger partial charge is 0.492 e. The van der Waals surface area contributed by atoms with Crippen LogP contribution >= 0.6 is 0 Å². The van der Waals surface area contributed by atoms with Crippen LogP contribution < -0.4 is 15.4 Å². The van der Waals surface area contributed by atoms with Crippen molar-refractivity contribution in [3.05, 3.63) is 59.9 Å². The third kappa shape index (κ3) is 4.96. The zero-order valence-corrected chi connectivity index (χ0v) is 13.7. The van der Waals surface area contributed by atoms with E-state index in [4.69, 9.17) is 9.47 Å². The fourth-order valence-corrected chi connectivity index (χ4v) is 2.25. The van der Waals surface area contributed by atoms with Gasteiger partial charge in [-0.15, -0.1) is 0 Å². The second kappa shape index (κ2) is 8.88. The van der Waals surface area contributed by atoms with E-state index >= 15 is 0 Å². The van der Waals surface area contributed by atoms with Gasteiger partial charge in [0, 0.05) is 13.7 Å². The normalized spacial score (nSPS) is 11.6. The molecule has 0 aliphatic heterocycles. The van der Waals surface area contributed by atoms with E-state index in [0.29, 0.717) is 23.6 Å². The fraction of sp³-hybridized carbons (Fsp3) is 0.278. The molecule has 1 atom stereocenters. The number of rotatable bonds is 7. The van der Waals surface area contributed by atoms with E-state index in [1.54, 1.807) is 24.3 Å². The van der Waals surface area contributed by atoms with Crippen molar-refractivity contribution in [2.45, 2.75) is 13.0 Å². The molecule has 0 bridgehead atoms. The summed E-state index contributed by atoms with van der Waals surface area (Å²) in [5.74, 6) is 0.258. The Labute approximate surface area is 140 Å². The van der Waals surface area contributed by atoms with Crippen molar-refractivity contribution in [3.8, 4) is 5.75 Å². The van der Waals surface area contributed by atoms with E-state index < -0.39 is 6.10 Å². The first-order valence-electron chi connectivity index (χ1n) is 7.69. The summed E-state index contributed by atoms with van der Waals surface area (Å²) in [7, 11) is 1.51. The molecular formula is C18H21FN2O3. The van der Waals surface area contributed by atoms with Crippen LogP contribution in [-0.4, -0.2) is 26.3 Å². The molecule has 128 valence electrons. The van der Waals surface area contributed by atoms with Crippen LogP contribution in [0.4, 0.5) is 14.9 Å². The van der Waals surface area contributed by atoms with Crippen molar-refractivity contribution in [3.63, 3.8) is 0 Å². The van der Waals surface area contributed by atoms with Gasteiger partial charge in [0.2, 0.25) is 0 Å². The number of carbonyl (C=O) groups is 1. The Morgan fingerprint density at radius 2 is 2.00 bits per heavy atom. The minimum atomic E-state index is -0.436. The highest BCUT2D eigenvalue weighted by molar-refractivity contribution is 5.90. The van der Waals surface area contributed by atoms with Gasteiger partial charge >= 0.3 is 6.03 Å². The smallest absolute Gasteiger partial charge is 0.319 e. The van der Waals surface area contributed by atoms with Crippen molar-refractivity contribution >= 4 is 11.7 Å². The van der Waals surface area contributed by atoms with Crippen molar-refractivity contribution in [1.29, 1.82) is 0 Å². The molecule has 0 heterocycles. The molecule has 2 amide bonds. The molecule has 5 nitrogen and oxygen atoms in total. The van der Waals surface area contributed by atoms with Crippen molar-refractivity contribution in [2.75, 3.05) is 25.6 Å². The van der Waals surface area contributed by atoms with Crippen LogP contribution in [0.5, 0.6) is 5.75 Å². The second-order valence-electron chi connectivity index (χ2n) is 5.04. The molecule has 0 spiro atoms. The SMILES string of the molecule is CCOc1ccccc1NC(=O)NCC(OC)c1cccc(F)c1. The number of hydrogen-bond donors (Lipinski definition) is 2. The number of carbonyl (C=O) groups excluding carboxylic acids is 1. The zero-order chi connectivity index (χ0) is 17.4. The van der Waals surface area contributed by atoms with Crippen molar-refractivity contribution in [2.24, 2.45) is 0 Å². The third-order valence-electron chi connectivity index (χ3n) is 3.39. The minimum Gasteiger partial charge on any atom is -0.492 e. The van der Waals surface area contributed by atoms with Crippen LogP contribution in [0.3, 0.4) is 0 Å². The molecule has 2 rings (SSSR count). The lowest BCUT2D eigenvalue weighted by molar-refractivity contribution is 0.104. The number of halogens is 1. The van der Waals surface area contributed by atoms with Gasteiger partial charge < -0.3 is 20.1 Å². The van der Waals surface area contributed by atoms with E-state index in [0.717, 1.165) is 0 Å². The van der Waals surface area contributed by atoms with Crippen LogP contribution in [0.2, 0.25) is 0 Å². The van der Waals surface area contributed by atoms with E-state index in [9.17, 15) is 9.18 Å². The first-order chi connectivity index (χ1) is 11.6. The first-order valence-corrected chi connectivity index (χ1v) is 7.69. The topological polar surface area (TPSA) is 59.6 Å². The van der Waals surface area contributed by atoms with Crippen molar-refractivity contribution < 1.29 is 18.7 Å². The van der Waals surface area contributed by atoms with E-state index in [2.05, 4.69) is 10.6 Å². The second-order valence-corrected chi connectivity index (χ2v) is 5.04. The number of benzene rings is 2. The highest BCUT2D eigenvalue weighted by Crippen LogP contribution is 2.23. The Morgan fingerprint density at radius 3 is 2.71 bits per heavy atom. The number of urea groups is 1. The maximum Gasteiger partial charge on any atom is 0.319 e. The number of ether oxygens (including phenoxy) is 2. The highest BCUT2D eigenvalue weighted by Gasteiger charge is 2.13. The zero-order valence-electron chi connectivity index (χ0n) is 13.7. The quantitative estimate of drug-likeness (QED) is 0.812. The number of para-hydroxylation sites is 2. The first kappa shape index (κ1) is 17.7. The molecular weight excluding hydrogens is 311 g/mol. The van der Waals surface area contributed by atoms with E-state index in [1.807, 2.05) is 19.1 Å². The van der Waals surface area contributed by atoms with Gasteiger partial charge in [-0.25, -0.2) is 9.18 Å². The predicted octanol–water partition coefficient (Wildman–Crippen LogP) is 3.73. The molecule has 0 aliphatic carbocycles. The fourth-order valence-electron chi connectivity index (χ4n) is 2.25. The van der Waals surface area contributed by atoms with Crippen LogP contribution in [0.1, 0.15) is 18.6 Å². The Morgan fingerprint density at radius 1 is 1.21 bits per heavy atom. The van der Waals surface area contributed by atoms with Gasteiger partial charge in [0.1, 0.15) is 11.6 Å². The summed E-state index contributed by atoms with van der Waals surface area (Å²) in [5.41, 5.74) is 1.24. The van der Waals surface area contributed by atoms with Gasteiger partial charge in [-0.05, 0) is 36.8 Å². The molecule has 2 N–H and O–H groups in total. The number of anilines is 1. The monoisotopic (exact) mass is 332 g/mol. The molecule has 0 saturated carbocycles. The Balaban J connectivity index is 1.95. The van der Waals surface area contributed by atoms with Gasteiger partial charge in [0.25, 0.3) is 0 Å². The molecule has 0 aliphatic rings.